The van der Waals surface area contributed by atoms with Crippen LogP contribution in [0.3, 0.4) is 0 Å². The lowest BCUT2D eigenvalue weighted by Gasteiger charge is -2.06. The molecule has 1 aromatic rings. The number of rotatable bonds is 6. The summed E-state index contributed by atoms with van der Waals surface area (Å²) in [5.74, 6) is 1.99. The Hall–Kier alpha value is -2.02. The van der Waals surface area contributed by atoms with Crippen LogP contribution < -0.4 is 10.1 Å². The number of carbonyl (C=O) groups excluding carboxylic acids is 1. The number of amides is 1. The Balaban J connectivity index is 2.19. The molecule has 0 spiro atoms. The Kier molecular flexibility index (Phi) is 5.59. The third-order valence-electron chi connectivity index (χ3n) is 2.03. The van der Waals surface area contributed by atoms with Crippen molar-refractivity contribution < 1.29 is 13.9 Å². The summed E-state index contributed by atoms with van der Waals surface area (Å²) in [6, 6.07) is 6.16. The molecule has 0 saturated heterocycles. The van der Waals surface area contributed by atoms with E-state index in [9.17, 15) is 9.18 Å². The number of ether oxygens (including phenoxy) is 1. The molecule has 1 amide bonds. The minimum atomic E-state index is -0.399. The van der Waals surface area contributed by atoms with E-state index >= 15 is 0 Å². The first kappa shape index (κ1) is 13.0. The van der Waals surface area contributed by atoms with Crippen LogP contribution in [0.25, 0.3) is 0 Å². The maximum Gasteiger partial charge on any atom is 0.220 e. The molecule has 0 unspecified atom stereocenters. The van der Waals surface area contributed by atoms with Gasteiger partial charge in [0.05, 0.1) is 13.2 Å². The molecule has 90 valence electrons. The van der Waals surface area contributed by atoms with Crippen LogP contribution in [0.15, 0.2) is 24.3 Å². The summed E-state index contributed by atoms with van der Waals surface area (Å²) in [5.41, 5.74) is 0. The van der Waals surface area contributed by atoms with Gasteiger partial charge in [0.2, 0.25) is 5.91 Å². The molecule has 1 rings (SSSR count). The Bertz CT molecular complexity index is 412. The predicted molar refractivity (Wildman–Crippen MR) is 63.0 cm³/mol. The van der Waals surface area contributed by atoms with Gasteiger partial charge in [-0.15, -0.1) is 6.42 Å². The molecule has 1 N–H and O–H groups in total. The average Bonchev–Trinajstić information content (AvgIpc) is 2.34. The molecule has 0 fully saturated rings. The molecule has 0 aliphatic carbocycles. The van der Waals surface area contributed by atoms with Crippen molar-refractivity contribution in [2.45, 2.75) is 12.8 Å². The molecule has 0 saturated carbocycles. The fraction of sp³-hybridized carbons (Fsp3) is 0.308. The normalized spacial score (nSPS) is 9.41. The number of benzene rings is 1. The average molecular weight is 235 g/mol. The summed E-state index contributed by atoms with van der Waals surface area (Å²) in [4.78, 5) is 11.1. The van der Waals surface area contributed by atoms with Gasteiger partial charge in [0, 0.05) is 6.42 Å². The van der Waals surface area contributed by atoms with Gasteiger partial charge in [-0.05, 0) is 18.6 Å². The van der Waals surface area contributed by atoms with E-state index < -0.39 is 5.82 Å². The first-order valence-electron chi connectivity index (χ1n) is 5.31. The fourth-order valence-electron chi connectivity index (χ4n) is 1.21. The summed E-state index contributed by atoms with van der Waals surface area (Å²) in [7, 11) is 0. The SMILES string of the molecule is C#CCNC(=O)CCCOc1ccccc1F. The van der Waals surface area contributed by atoms with Gasteiger partial charge in [-0.1, -0.05) is 18.1 Å². The monoisotopic (exact) mass is 235 g/mol. The van der Waals surface area contributed by atoms with Gasteiger partial charge >= 0.3 is 0 Å². The van der Waals surface area contributed by atoms with Crippen molar-refractivity contribution in [1.82, 2.24) is 5.32 Å². The van der Waals surface area contributed by atoms with Crippen LogP contribution in [-0.2, 0) is 4.79 Å². The molecular formula is C13H14FNO2. The van der Waals surface area contributed by atoms with E-state index in [2.05, 4.69) is 11.2 Å². The molecule has 0 aromatic heterocycles. The van der Waals surface area contributed by atoms with Gasteiger partial charge in [-0.25, -0.2) is 4.39 Å². The van der Waals surface area contributed by atoms with Crippen molar-refractivity contribution >= 4 is 5.91 Å². The predicted octanol–water partition coefficient (Wildman–Crippen LogP) is 1.73. The number of terminal acetylenes is 1. The molecule has 17 heavy (non-hydrogen) atoms. The van der Waals surface area contributed by atoms with Crippen molar-refractivity contribution in [1.29, 1.82) is 0 Å². The molecule has 0 atom stereocenters. The highest BCUT2D eigenvalue weighted by molar-refractivity contribution is 5.76. The van der Waals surface area contributed by atoms with Crippen molar-refractivity contribution in [3.8, 4) is 18.1 Å². The fourth-order valence-corrected chi connectivity index (χ4v) is 1.21. The largest absolute Gasteiger partial charge is 0.491 e. The zero-order valence-electron chi connectivity index (χ0n) is 9.41. The maximum atomic E-state index is 13.1. The molecule has 4 heteroatoms. The van der Waals surface area contributed by atoms with Crippen molar-refractivity contribution in [2.24, 2.45) is 0 Å². The lowest BCUT2D eigenvalue weighted by molar-refractivity contribution is -0.121. The third-order valence-corrected chi connectivity index (χ3v) is 2.03. The standard InChI is InChI=1S/C13H14FNO2/c1-2-9-15-13(16)8-5-10-17-12-7-4-3-6-11(12)14/h1,3-4,6-7H,5,8-10H2,(H,15,16). The van der Waals surface area contributed by atoms with E-state index in [1.807, 2.05) is 0 Å². The second-order valence-corrected chi connectivity index (χ2v) is 3.36. The van der Waals surface area contributed by atoms with Crippen LogP contribution in [0.5, 0.6) is 5.75 Å². The number of carbonyl (C=O) groups is 1. The van der Waals surface area contributed by atoms with Gasteiger partial charge in [-0.2, -0.15) is 0 Å². The van der Waals surface area contributed by atoms with Crippen LogP contribution in [0.2, 0.25) is 0 Å². The Labute approximate surface area is 100.0 Å². The summed E-state index contributed by atoms with van der Waals surface area (Å²) in [6.07, 6.45) is 5.83. The number of halogens is 1. The molecule has 1 aromatic carbocycles. The first-order chi connectivity index (χ1) is 8.24. The number of hydrogen-bond donors (Lipinski definition) is 1. The van der Waals surface area contributed by atoms with Crippen molar-refractivity contribution in [3.05, 3.63) is 30.1 Å². The van der Waals surface area contributed by atoms with E-state index in [4.69, 9.17) is 11.2 Å². The van der Waals surface area contributed by atoms with Gasteiger partial charge < -0.3 is 10.1 Å². The molecule has 0 bridgehead atoms. The quantitative estimate of drug-likeness (QED) is 0.602. The van der Waals surface area contributed by atoms with Gasteiger partial charge in [0.1, 0.15) is 0 Å². The lowest BCUT2D eigenvalue weighted by Crippen LogP contribution is -2.23. The molecule has 0 aliphatic rings. The maximum absolute atomic E-state index is 13.1. The van der Waals surface area contributed by atoms with Crippen molar-refractivity contribution in [2.75, 3.05) is 13.2 Å². The highest BCUT2D eigenvalue weighted by Gasteiger charge is 2.02. The van der Waals surface area contributed by atoms with E-state index in [0.29, 0.717) is 19.4 Å². The summed E-state index contributed by atoms with van der Waals surface area (Å²) in [6.45, 7) is 0.525. The van der Waals surface area contributed by atoms with Crippen LogP contribution >= 0.6 is 0 Å². The number of nitrogens with one attached hydrogen (secondary N) is 1. The van der Waals surface area contributed by atoms with E-state index in [0.717, 1.165) is 0 Å². The minimum Gasteiger partial charge on any atom is -0.491 e. The number of para-hydroxylation sites is 1. The van der Waals surface area contributed by atoms with Crippen LogP contribution in [0.4, 0.5) is 4.39 Å². The van der Waals surface area contributed by atoms with E-state index in [1.165, 1.54) is 6.07 Å². The smallest absolute Gasteiger partial charge is 0.220 e. The number of hydrogen-bond acceptors (Lipinski definition) is 2. The van der Waals surface area contributed by atoms with Crippen LogP contribution in [0.1, 0.15) is 12.8 Å². The molecule has 3 nitrogen and oxygen atoms in total. The van der Waals surface area contributed by atoms with Crippen LogP contribution in [-0.4, -0.2) is 19.1 Å². The summed E-state index contributed by atoms with van der Waals surface area (Å²) >= 11 is 0. The van der Waals surface area contributed by atoms with Gasteiger partial charge in [0.25, 0.3) is 0 Å². The Morgan fingerprint density at radius 1 is 1.47 bits per heavy atom. The molecular weight excluding hydrogens is 221 g/mol. The molecule has 0 aliphatic heterocycles. The molecule has 0 radical (unpaired) electrons. The zero-order chi connectivity index (χ0) is 12.5. The Morgan fingerprint density at radius 2 is 2.24 bits per heavy atom. The Morgan fingerprint density at radius 3 is 2.94 bits per heavy atom. The first-order valence-corrected chi connectivity index (χ1v) is 5.31. The van der Waals surface area contributed by atoms with E-state index in [1.54, 1.807) is 18.2 Å². The minimum absolute atomic E-state index is 0.125. The van der Waals surface area contributed by atoms with Crippen molar-refractivity contribution in [3.63, 3.8) is 0 Å². The highest BCUT2D eigenvalue weighted by Crippen LogP contribution is 2.15. The topological polar surface area (TPSA) is 38.3 Å². The zero-order valence-corrected chi connectivity index (χ0v) is 9.41. The second kappa shape index (κ2) is 7.29. The van der Waals surface area contributed by atoms with Gasteiger partial charge in [0.15, 0.2) is 11.6 Å². The van der Waals surface area contributed by atoms with Gasteiger partial charge in [-0.3, -0.25) is 4.79 Å². The van der Waals surface area contributed by atoms with E-state index in [-0.39, 0.29) is 18.2 Å². The second-order valence-electron chi connectivity index (χ2n) is 3.36. The lowest BCUT2D eigenvalue weighted by atomic mass is 10.3. The summed E-state index contributed by atoms with van der Waals surface area (Å²) < 4.78 is 18.3. The van der Waals surface area contributed by atoms with Crippen LogP contribution in [0, 0.1) is 18.2 Å². The summed E-state index contributed by atoms with van der Waals surface area (Å²) in [5, 5.41) is 2.54. The highest BCUT2D eigenvalue weighted by atomic mass is 19.1. The third kappa shape index (κ3) is 5.03. The molecule has 0 heterocycles.